The Hall–Kier alpha value is -1.24. The first-order valence-electron chi connectivity index (χ1n) is 2.99. The molecule has 0 bridgehead atoms. The second kappa shape index (κ2) is 3.44. The average Bonchev–Trinajstić information content (AvgIpc) is 2.01. The molecule has 64 valence electrons. The summed E-state index contributed by atoms with van der Waals surface area (Å²) in [6.07, 6.45) is 1.54. The van der Waals surface area contributed by atoms with E-state index in [1.807, 2.05) is 0 Å². The van der Waals surface area contributed by atoms with Crippen LogP contribution in [0.4, 0.5) is 5.82 Å². The van der Waals surface area contributed by atoms with Crippen LogP contribution in [0.3, 0.4) is 0 Å². The predicted octanol–water partition coefficient (Wildman–Crippen LogP) is 0.500. The average molecular weight is 232 g/mol. The lowest BCUT2D eigenvalue weighted by atomic mass is 10.6. The van der Waals surface area contributed by atoms with Crippen LogP contribution in [0.2, 0.25) is 0 Å². The third-order valence-corrected chi connectivity index (χ3v) is 1.74. The number of aryl methyl sites for hydroxylation is 1. The zero-order chi connectivity index (χ0) is 9.14. The predicted molar refractivity (Wildman–Crippen MR) is 45.9 cm³/mol. The molecule has 0 amide bonds. The van der Waals surface area contributed by atoms with Gasteiger partial charge in [-0.1, -0.05) is 5.22 Å². The van der Waals surface area contributed by atoms with Crippen molar-refractivity contribution in [2.24, 2.45) is 23.2 Å². The Kier molecular flexibility index (Phi) is 2.54. The number of aromatic nitrogens is 2. The monoisotopic (exact) mass is 231 g/mol. The van der Waals surface area contributed by atoms with Crippen molar-refractivity contribution >= 4 is 21.7 Å². The largest absolute Gasteiger partial charge is 0.349 e. The number of hydrogen-bond donors (Lipinski definition) is 1. The van der Waals surface area contributed by atoms with Crippen molar-refractivity contribution in [1.82, 2.24) is 9.55 Å². The van der Waals surface area contributed by atoms with Gasteiger partial charge in [-0.2, -0.15) is 4.98 Å². The fourth-order valence-electron chi connectivity index (χ4n) is 0.631. The smallest absolute Gasteiger partial charge is 0.305 e. The lowest BCUT2D eigenvalue weighted by Gasteiger charge is -1.97. The van der Waals surface area contributed by atoms with Gasteiger partial charge in [-0.05, 0) is 15.9 Å². The minimum Gasteiger partial charge on any atom is -0.305 e. The molecular formula is C5H6BrN5O. The van der Waals surface area contributed by atoms with Gasteiger partial charge in [0, 0.05) is 13.2 Å². The second-order valence-electron chi connectivity index (χ2n) is 2.02. The fourth-order valence-corrected chi connectivity index (χ4v) is 1.11. The minimum absolute atomic E-state index is 0.181. The van der Waals surface area contributed by atoms with E-state index in [4.69, 9.17) is 5.84 Å². The van der Waals surface area contributed by atoms with Crippen molar-refractivity contribution in [3.8, 4) is 0 Å². The van der Waals surface area contributed by atoms with E-state index >= 15 is 0 Å². The number of nitrogens with two attached hydrogens (primary N) is 1. The summed E-state index contributed by atoms with van der Waals surface area (Å²) in [5, 5.41) is 6.46. The lowest BCUT2D eigenvalue weighted by molar-refractivity contribution is 0.800. The van der Waals surface area contributed by atoms with Crippen molar-refractivity contribution < 1.29 is 0 Å². The molecule has 1 heterocycles. The fraction of sp³-hybridized carbons (Fsp3) is 0.200. The summed E-state index contributed by atoms with van der Waals surface area (Å²) in [5.41, 5.74) is -0.402. The topological polar surface area (TPSA) is 85.6 Å². The number of nitrogens with zero attached hydrogens (tertiary/aromatic N) is 4. The molecule has 0 aliphatic heterocycles. The standard InChI is InChI=1S/C5H6BrN5O/c1-11-2-3(6)4(9-10-7)8-5(11)12/h2H,1H3,(H2,7,8,9,12). The van der Waals surface area contributed by atoms with Crippen LogP contribution in [0.5, 0.6) is 0 Å². The molecule has 0 aliphatic rings. The van der Waals surface area contributed by atoms with Gasteiger partial charge >= 0.3 is 5.69 Å². The first-order valence-corrected chi connectivity index (χ1v) is 3.78. The van der Waals surface area contributed by atoms with Crippen LogP contribution in [0.15, 0.2) is 25.8 Å². The molecule has 0 fully saturated rings. The summed E-state index contributed by atoms with van der Waals surface area (Å²) in [4.78, 5) is 14.5. The molecule has 0 aliphatic carbocycles. The highest BCUT2D eigenvalue weighted by atomic mass is 79.9. The van der Waals surface area contributed by atoms with E-state index in [0.29, 0.717) is 4.47 Å². The van der Waals surface area contributed by atoms with E-state index in [9.17, 15) is 4.79 Å². The molecule has 7 heteroatoms. The Labute approximate surface area is 76.2 Å². The molecule has 1 aromatic rings. The first-order chi connectivity index (χ1) is 5.65. The Bertz CT molecular complexity index is 371. The number of rotatable bonds is 1. The summed E-state index contributed by atoms with van der Waals surface area (Å²) in [6.45, 7) is 0. The van der Waals surface area contributed by atoms with Gasteiger partial charge in [-0.25, -0.2) is 4.79 Å². The summed E-state index contributed by atoms with van der Waals surface area (Å²) < 4.78 is 1.89. The van der Waals surface area contributed by atoms with Gasteiger partial charge in [0.25, 0.3) is 0 Å². The lowest BCUT2D eigenvalue weighted by Crippen LogP contribution is -2.18. The maximum atomic E-state index is 11.0. The molecule has 2 N–H and O–H groups in total. The van der Waals surface area contributed by atoms with Crippen LogP contribution in [0.25, 0.3) is 0 Å². The van der Waals surface area contributed by atoms with Crippen molar-refractivity contribution in [1.29, 1.82) is 0 Å². The molecule has 0 aromatic carbocycles. The summed E-state index contributed by atoms with van der Waals surface area (Å²) >= 11 is 3.15. The van der Waals surface area contributed by atoms with Crippen LogP contribution in [-0.2, 0) is 7.05 Å². The summed E-state index contributed by atoms with van der Waals surface area (Å²) in [5.74, 6) is 4.99. The van der Waals surface area contributed by atoms with Crippen molar-refractivity contribution in [2.45, 2.75) is 0 Å². The third kappa shape index (κ3) is 1.67. The molecule has 0 atom stereocenters. The maximum Gasteiger partial charge on any atom is 0.349 e. The molecule has 0 spiro atoms. The van der Waals surface area contributed by atoms with Gasteiger partial charge in [-0.15, -0.1) is 5.11 Å². The van der Waals surface area contributed by atoms with Gasteiger partial charge in [0.2, 0.25) is 0 Å². The van der Waals surface area contributed by atoms with Crippen molar-refractivity contribution in [3.63, 3.8) is 0 Å². The van der Waals surface area contributed by atoms with Gasteiger partial charge in [0.15, 0.2) is 5.82 Å². The van der Waals surface area contributed by atoms with E-state index in [1.54, 1.807) is 13.2 Å². The SMILES string of the molecule is Cn1cc(Br)c(N=NN)nc1=O. The zero-order valence-electron chi connectivity index (χ0n) is 6.23. The Morgan fingerprint density at radius 2 is 2.42 bits per heavy atom. The molecule has 0 saturated heterocycles. The molecular weight excluding hydrogens is 226 g/mol. The molecule has 1 rings (SSSR count). The highest BCUT2D eigenvalue weighted by Crippen LogP contribution is 2.19. The summed E-state index contributed by atoms with van der Waals surface area (Å²) in [6, 6.07) is 0. The van der Waals surface area contributed by atoms with Gasteiger partial charge in [0.05, 0.1) is 4.47 Å². The molecule has 0 saturated carbocycles. The highest BCUT2D eigenvalue weighted by molar-refractivity contribution is 9.10. The third-order valence-electron chi connectivity index (χ3n) is 1.18. The van der Waals surface area contributed by atoms with Crippen molar-refractivity contribution in [3.05, 3.63) is 21.2 Å². The van der Waals surface area contributed by atoms with Gasteiger partial charge < -0.3 is 10.4 Å². The summed E-state index contributed by atoms with van der Waals surface area (Å²) in [7, 11) is 1.59. The van der Waals surface area contributed by atoms with Crippen LogP contribution in [0, 0.1) is 0 Å². The Morgan fingerprint density at radius 1 is 1.75 bits per heavy atom. The van der Waals surface area contributed by atoms with E-state index < -0.39 is 5.69 Å². The van der Waals surface area contributed by atoms with Crippen LogP contribution >= 0.6 is 15.9 Å². The normalized spacial score (nSPS) is 10.8. The highest BCUT2D eigenvalue weighted by Gasteiger charge is 2.02. The Morgan fingerprint density at radius 3 is 3.00 bits per heavy atom. The molecule has 12 heavy (non-hydrogen) atoms. The number of hydrogen-bond acceptors (Lipinski definition) is 4. The van der Waals surface area contributed by atoms with Crippen LogP contribution in [-0.4, -0.2) is 9.55 Å². The number of halogens is 1. The van der Waals surface area contributed by atoms with Crippen LogP contribution < -0.4 is 11.5 Å². The quantitative estimate of drug-likeness (QED) is 0.434. The van der Waals surface area contributed by atoms with E-state index in [2.05, 4.69) is 31.3 Å². The minimum atomic E-state index is -0.402. The molecule has 0 unspecified atom stereocenters. The van der Waals surface area contributed by atoms with Gasteiger partial charge in [-0.3, -0.25) is 0 Å². The maximum absolute atomic E-state index is 11.0. The van der Waals surface area contributed by atoms with E-state index in [0.717, 1.165) is 0 Å². The first kappa shape index (κ1) is 8.85. The zero-order valence-corrected chi connectivity index (χ0v) is 7.82. The van der Waals surface area contributed by atoms with E-state index in [-0.39, 0.29) is 5.82 Å². The molecule has 1 aromatic heterocycles. The van der Waals surface area contributed by atoms with Gasteiger partial charge in [0.1, 0.15) is 0 Å². The molecule has 6 nitrogen and oxygen atoms in total. The van der Waals surface area contributed by atoms with Crippen molar-refractivity contribution in [2.75, 3.05) is 0 Å². The van der Waals surface area contributed by atoms with E-state index in [1.165, 1.54) is 4.57 Å². The second-order valence-corrected chi connectivity index (χ2v) is 2.88. The van der Waals surface area contributed by atoms with Crippen LogP contribution in [0.1, 0.15) is 0 Å². The Balaban J connectivity index is 3.33. The molecule has 0 radical (unpaired) electrons.